The lowest BCUT2D eigenvalue weighted by Gasteiger charge is -2.04. The number of nitrogens with one attached hydrogen (secondary N) is 1. The Bertz CT molecular complexity index is 768. The molecular formula is C20H22N2O. The van der Waals surface area contributed by atoms with E-state index in [4.69, 9.17) is 0 Å². The molecule has 2 saturated carbocycles. The Morgan fingerprint density at radius 2 is 1.74 bits per heavy atom. The fourth-order valence-electron chi connectivity index (χ4n) is 4.07. The summed E-state index contributed by atoms with van der Waals surface area (Å²) in [7, 11) is 0. The predicted octanol–water partition coefficient (Wildman–Crippen LogP) is 4.12. The largest absolute Gasteiger partial charge is 0.273 e. The van der Waals surface area contributed by atoms with Crippen molar-refractivity contribution in [1.29, 1.82) is 0 Å². The minimum Gasteiger partial charge on any atom is -0.273 e. The molecule has 0 aliphatic heterocycles. The summed E-state index contributed by atoms with van der Waals surface area (Å²) in [6, 6.07) is 14.6. The Labute approximate surface area is 136 Å². The van der Waals surface area contributed by atoms with Crippen LogP contribution in [0.2, 0.25) is 0 Å². The maximum atomic E-state index is 12.3. The fourth-order valence-corrected chi connectivity index (χ4v) is 4.07. The van der Waals surface area contributed by atoms with E-state index in [0.717, 1.165) is 11.3 Å². The van der Waals surface area contributed by atoms with E-state index in [0.29, 0.717) is 11.8 Å². The minimum absolute atomic E-state index is 0.113. The van der Waals surface area contributed by atoms with Crippen molar-refractivity contribution in [2.75, 3.05) is 0 Å². The van der Waals surface area contributed by atoms with Gasteiger partial charge < -0.3 is 0 Å². The smallest absolute Gasteiger partial charge is 0.243 e. The van der Waals surface area contributed by atoms with Crippen LogP contribution >= 0.6 is 0 Å². The van der Waals surface area contributed by atoms with Crippen molar-refractivity contribution in [3.05, 3.63) is 48.0 Å². The number of hydrogen-bond donors (Lipinski definition) is 1. The Balaban J connectivity index is 1.46. The number of hydrogen-bond acceptors (Lipinski definition) is 2. The van der Waals surface area contributed by atoms with Crippen LogP contribution in [0.3, 0.4) is 0 Å². The number of amides is 1. The molecule has 3 heteroatoms. The van der Waals surface area contributed by atoms with Gasteiger partial charge in [-0.2, -0.15) is 5.10 Å². The lowest BCUT2D eigenvalue weighted by atomic mass is 10.0. The second kappa shape index (κ2) is 5.80. The SMILES string of the molecule is C/C(=N/NC(=O)C1[C@H]2CCCC[C@@H]12)c1ccc2ccccc2c1. The van der Waals surface area contributed by atoms with Crippen molar-refractivity contribution in [2.45, 2.75) is 32.6 Å². The van der Waals surface area contributed by atoms with Crippen LogP contribution in [-0.2, 0) is 4.79 Å². The summed E-state index contributed by atoms with van der Waals surface area (Å²) in [6.45, 7) is 1.95. The molecule has 118 valence electrons. The zero-order valence-corrected chi connectivity index (χ0v) is 13.5. The topological polar surface area (TPSA) is 41.5 Å². The summed E-state index contributed by atoms with van der Waals surface area (Å²) in [5.74, 6) is 1.58. The highest BCUT2D eigenvalue weighted by Crippen LogP contribution is 2.55. The molecule has 4 rings (SSSR count). The van der Waals surface area contributed by atoms with Gasteiger partial charge in [0.2, 0.25) is 5.91 Å². The molecule has 0 radical (unpaired) electrons. The van der Waals surface area contributed by atoms with Gasteiger partial charge in [-0.05, 0) is 54.0 Å². The van der Waals surface area contributed by atoms with E-state index in [-0.39, 0.29) is 11.8 Å². The van der Waals surface area contributed by atoms with Gasteiger partial charge in [0.05, 0.1) is 5.71 Å². The molecule has 0 saturated heterocycles. The first-order valence-corrected chi connectivity index (χ1v) is 8.57. The average Bonchev–Trinajstić information content (AvgIpc) is 3.33. The highest BCUT2D eigenvalue weighted by molar-refractivity contribution is 6.02. The summed E-state index contributed by atoms with van der Waals surface area (Å²) in [5, 5.41) is 6.75. The third-order valence-corrected chi connectivity index (χ3v) is 5.46. The van der Waals surface area contributed by atoms with Crippen molar-refractivity contribution in [3.8, 4) is 0 Å². The maximum absolute atomic E-state index is 12.3. The van der Waals surface area contributed by atoms with Gasteiger partial charge in [-0.1, -0.05) is 49.2 Å². The summed E-state index contributed by atoms with van der Waals surface area (Å²) in [6.07, 6.45) is 5.00. The van der Waals surface area contributed by atoms with Gasteiger partial charge in [-0.3, -0.25) is 4.79 Å². The van der Waals surface area contributed by atoms with Gasteiger partial charge in [0.15, 0.2) is 0 Å². The van der Waals surface area contributed by atoms with E-state index >= 15 is 0 Å². The van der Waals surface area contributed by atoms with Crippen molar-refractivity contribution >= 4 is 22.4 Å². The van der Waals surface area contributed by atoms with Gasteiger partial charge >= 0.3 is 0 Å². The predicted molar refractivity (Wildman–Crippen MR) is 93.2 cm³/mol. The quantitative estimate of drug-likeness (QED) is 0.672. The van der Waals surface area contributed by atoms with E-state index in [9.17, 15) is 4.79 Å². The van der Waals surface area contributed by atoms with E-state index < -0.39 is 0 Å². The third-order valence-electron chi connectivity index (χ3n) is 5.46. The second-order valence-corrected chi connectivity index (χ2v) is 6.87. The monoisotopic (exact) mass is 306 g/mol. The molecule has 2 aromatic carbocycles. The van der Waals surface area contributed by atoms with E-state index in [1.54, 1.807) is 0 Å². The Morgan fingerprint density at radius 3 is 2.48 bits per heavy atom. The van der Waals surface area contributed by atoms with Crippen molar-refractivity contribution in [1.82, 2.24) is 5.43 Å². The highest BCUT2D eigenvalue weighted by Gasteiger charge is 2.54. The lowest BCUT2D eigenvalue weighted by molar-refractivity contribution is -0.122. The maximum Gasteiger partial charge on any atom is 0.243 e. The number of carbonyl (C=O) groups excluding carboxylic acids is 1. The molecule has 2 aromatic rings. The molecule has 1 unspecified atom stereocenters. The molecule has 0 bridgehead atoms. The standard InChI is InChI=1S/C20H22N2O/c1-13(15-11-10-14-6-2-3-7-16(14)12-15)21-22-20(23)19-17-8-4-5-9-18(17)19/h2-3,6-7,10-12,17-19H,4-5,8-9H2,1H3,(H,22,23)/b21-13-/t17-,18+,19?. The molecule has 2 aliphatic rings. The van der Waals surface area contributed by atoms with E-state index in [1.807, 2.05) is 19.1 Å². The molecule has 23 heavy (non-hydrogen) atoms. The average molecular weight is 306 g/mol. The van der Waals surface area contributed by atoms with Gasteiger partial charge in [0.25, 0.3) is 0 Å². The molecule has 3 atom stereocenters. The molecule has 2 aliphatic carbocycles. The molecule has 1 N–H and O–H groups in total. The summed E-state index contributed by atoms with van der Waals surface area (Å²) in [5.41, 5.74) is 4.70. The zero-order valence-electron chi connectivity index (χ0n) is 13.5. The number of benzene rings is 2. The molecule has 0 heterocycles. The first-order valence-electron chi connectivity index (χ1n) is 8.57. The number of rotatable bonds is 3. The summed E-state index contributed by atoms with van der Waals surface area (Å²) < 4.78 is 0. The Hall–Kier alpha value is -2.16. The van der Waals surface area contributed by atoms with Crippen LogP contribution in [0.1, 0.15) is 38.2 Å². The van der Waals surface area contributed by atoms with E-state index in [1.165, 1.54) is 36.5 Å². The van der Waals surface area contributed by atoms with Crippen molar-refractivity contribution in [2.24, 2.45) is 22.9 Å². The number of nitrogens with zero attached hydrogens (tertiary/aromatic N) is 1. The number of hydrazone groups is 1. The molecular weight excluding hydrogens is 284 g/mol. The van der Waals surface area contributed by atoms with Crippen LogP contribution in [-0.4, -0.2) is 11.6 Å². The van der Waals surface area contributed by atoms with E-state index in [2.05, 4.69) is 40.9 Å². The van der Waals surface area contributed by atoms with Crippen molar-refractivity contribution in [3.63, 3.8) is 0 Å². The lowest BCUT2D eigenvalue weighted by Crippen LogP contribution is -2.22. The molecule has 2 fully saturated rings. The number of carbonyl (C=O) groups is 1. The Morgan fingerprint density at radius 1 is 1.04 bits per heavy atom. The summed E-state index contributed by atoms with van der Waals surface area (Å²) in [4.78, 5) is 12.3. The van der Waals surface area contributed by atoms with Crippen LogP contribution in [0.5, 0.6) is 0 Å². The van der Waals surface area contributed by atoms with Gasteiger partial charge in [-0.25, -0.2) is 5.43 Å². The fraction of sp³-hybridized carbons (Fsp3) is 0.400. The molecule has 3 nitrogen and oxygen atoms in total. The molecule has 0 aromatic heterocycles. The zero-order chi connectivity index (χ0) is 15.8. The Kier molecular flexibility index (Phi) is 3.64. The summed E-state index contributed by atoms with van der Waals surface area (Å²) >= 11 is 0. The highest BCUT2D eigenvalue weighted by atomic mass is 16.2. The minimum atomic E-state index is 0.113. The van der Waals surface area contributed by atoms with Crippen LogP contribution in [0, 0.1) is 17.8 Å². The first-order chi connectivity index (χ1) is 11.2. The van der Waals surface area contributed by atoms with Gasteiger partial charge in [-0.15, -0.1) is 0 Å². The molecule has 1 amide bonds. The van der Waals surface area contributed by atoms with Gasteiger partial charge in [0, 0.05) is 5.92 Å². The third kappa shape index (κ3) is 2.76. The normalized spacial score (nSPS) is 26.7. The van der Waals surface area contributed by atoms with Crippen LogP contribution in [0.25, 0.3) is 10.8 Å². The first kappa shape index (κ1) is 14.4. The van der Waals surface area contributed by atoms with Crippen LogP contribution in [0.15, 0.2) is 47.6 Å². The van der Waals surface area contributed by atoms with Gasteiger partial charge in [0.1, 0.15) is 0 Å². The van der Waals surface area contributed by atoms with Crippen LogP contribution in [0.4, 0.5) is 0 Å². The second-order valence-electron chi connectivity index (χ2n) is 6.87. The van der Waals surface area contributed by atoms with Crippen molar-refractivity contribution < 1.29 is 4.79 Å². The number of fused-ring (bicyclic) bond motifs is 2. The molecule has 0 spiro atoms. The van der Waals surface area contributed by atoms with Crippen LogP contribution < -0.4 is 5.43 Å².